The van der Waals surface area contributed by atoms with E-state index < -0.39 is 12.1 Å². The number of nitrogens with one attached hydrogen (secondary N) is 1. The van der Waals surface area contributed by atoms with Crippen LogP contribution >= 0.6 is 0 Å². The molecule has 0 spiro atoms. The van der Waals surface area contributed by atoms with Crippen LogP contribution in [-0.2, 0) is 9.53 Å². The van der Waals surface area contributed by atoms with Crippen LogP contribution in [-0.4, -0.2) is 54.4 Å². The van der Waals surface area contributed by atoms with Gasteiger partial charge in [0.25, 0.3) is 0 Å². The van der Waals surface area contributed by atoms with E-state index in [-0.39, 0.29) is 25.5 Å². The Bertz CT molecular complexity index is 964. The molecule has 1 aliphatic heterocycles. The fraction of sp³-hybridized carbons (Fsp3) is 0.429. The largest absolute Gasteiger partial charge is 0.450 e. The zero-order valence-corrected chi connectivity index (χ0v) is 20.9. The zero-order chi connectivity index (χ0) is 25.1. The highest BCUT2D eigenvalue weighted by molar-refractivity contribution is 5.89. The average molecular weight is 467 g/mol. The molecule has 6 heteroatoms. The van der Waals surface area contributed by atoms with Crippen molar-refractivity contribution in [3.8, 4) is 0 Å². The van der Waals surface area contributed by atoms with E-state index in [2.05, 4.69) is 62.2 Å². The number of piperidine rings is 1. The number of likely N-dealkylation sites (tertiary alicyclic amines) is 1. The summed E-state index contributed by atoms with van der Waals surface area (Å²) in [5.74, 6) is -0.0636. The van der Waals surface area contributed by atoms with E-state index >= 15 is 0 Å². The molecule has 1 aromatic carbocycles. The van der Waals surface area contributed by atoms with Gasteiger partial charge in [0.15, 0.2) is 0 Å². The summed E-state index contributed by atoms with van der Waals surface area (Å²) in [5.41, 5.74) is 7.70. The molecule has 1 heterocycles. The van der Waals surface area contributed by atoms with Crippen LogP contribution in [0.1, 0.15) is 58.1 Å². The van der Waals surface area contributed by atoms with Crippen LogP contribution in [0.4, 0.5) is 4.79 Å². The second-order valence-electron chi connectivity index (χ2n) is 8.44. The lowest BCUT2D eigenvalue weighted by atomic mass is 9.86. The zero-order valence-electron chi connectivity index (χ0n) is 20.9. The number of allylic oxidation sites excluding steroid dienone is 5. The lowest BCUT2D eigenvalue weighted by Gasteiger charge is -2.31. The first-order valence-electron chi connectivity index (χ1n) is 11.9. The van der Waals surface area contributed by atoms with Crippen LogP contribution in [0.15, 0.2) is 59.7 Å². The molecular formula is C28H38N2O4. The number of carbonyl (C=O) groups excluding carboxylic acids is 2. The second kappa shape index (κ2) is 13.6. The van der Waals surface area contributed by atoms with Gasteiger partial charge in [-0.1, -0.05) is 48.1 Å². The van der Waals surface area contributed by atoms with E-state index in [4.69, 9.17) is 4.74 Å². The highest BCUT2D eigenvalue weighted by atomic mass is 16.5. The number of alkyl carbamates (subject to hydrolysis) is 1. The highest BCUT2D eigenvalue weighted by Crippen LogP contribution is 2.37. The Morgan fingerprint density at radius 2 is 1.85 bits per heavy atom. The van der Waals surface area contributed by atoms with E-state index in [0.717, 1.165) is 12.8 Å². The number of ether oxygens (including phenoxy) is 1. The van der Waals surface area contributed by atoms with E-state index in [9.17, 15) is 14.7 Å². The molecule has 1 fully saturated rings. The Hall–Kier alpha value is -3.12. The van der Waals surface area contributed by atoms with Crippen molar-refractivity contribution in [1.29, 1.82) is 0 Å². The number of aliphatic hydroxyl groups is 1. The number of carbonyl (C=O) groups is 2. The van der Waals surface area contributed by atoms with Crippen molar-refractivity contribution in [3.05, 3.63) is 70.8 Å². The summed E-state index contributed by atoms with van der Waals surface area (Å²) in [6, 6.07) is 7.81. The summed E-state index contributed by atoms with van der Waals surface area (Å²) in [5, 5.41) is 12.1. The summed E-state index contributed by atoms with van der Waals surface area (Å²) in [4.78, 5) is 26.2. The molecular weight excluding hydrogens is 428 g/mol. The van der Waals surface area contributed by atoms with Gasteiger partial charge in [-0.25, -0.2) is 4.79 Å². The molecule has 2 N–H and O–H groups in total. The van der Waals surface area contributed by atoms with Crippen molar-refractivity contribution in [2.24, 2.45) is 0 Å². The van der Waals surface area contributed by atoms with Crippen molar-refractivity contribution >= 4 is 23.6 Å². The summed E-state index contributed by atoms with van der Waals surface area (Å²) in [6.45, 7) is 12.5. The molecule has 184 valence electrons. The van der Waals surface area contributed by atoms with E-state index in [1.807, 2.05) is 11.8 Å². The number of hydrogen-bond donors (Lipinski definition) is 2. The molecule has 34 heavy (non-hydrogen) atoms. The molecule has 1 saturated heterocycles. The Morgan fingerprint density at radius 1 is 1.21 bits per heavy atom. The van der Waals surface area contributed by atoms with Gasteiger partial charge >= 0.3 is 6.09 Å². The molecule has 0 aromatic heterocycles. The Morgan fingerprint density at radius 3 is 2.47 bits per heavy atom. The van der Waals surface area contributed by atoms with Crippen LogP contribution in [0.25, 0.3) is 11.6 Å². The monoisotopic (exact) mass is 466 g/mol. The highest BCUT2D eigenvalue weighted by Gasteiger charge is 2.26. The number of nitrogens with zero attached hydrogens (tertiary/aromatic N) is 1. The van der Waals surface area contributed by atoms with Crippen LogP contribution < -0.4 is 5.32 Å². The van der Waals surface area contributed by atoms with Gasteiger partial charge in [-0.2, -0.15) is 0 Å². The van der Waals surface area contributed by atoms with E-state index in [0.29, 0.717) is 13.1 Å². The minimum atomic E-state index is -0.640. The van der Waals surface area contributed by atoms with Crippen LogP contribution in [0, 0.1) is 0 Å². The lowest BCUT2D eigenvalue weighted by molar-refractivity contribution is -0.132. The van der Waals surface area contributed by atoms with E-state index in [1.54, 1.807) is 13.0 Å². The van der Waals surface area contributed by atoms with Gasteiger partial charge in [-0.15, -0.1) is 6.58 Å². The molecule has 0 bridgehead atoms. The Labute approximate surface area is 203 Å². The fourth-order valence-corrected chi connectivity index (χ4v) is 4.18. The van der Waals surface area contributed by atoms with Gasteiger partial charge in [0.05, 0.1) is 19.3 Å². The Kier molecular flexibility index (Phi) is 10.8. The molecule has 0 unspecified atom stereocenters. The second-order valence-corrected chi connectivity index (χ2v) is 8.44. The molecule has 3 rings (SSSR count). The quantitative estimate of drug-likeness (QED) is 0.591. The molecule has 0 radical (unpaired) electrons. The van der Waals surface area contributed by atoms with E-state index in [1.165, 1.54) is 33.4 Å². The minimum absolute atomic E-state index is 0.0615. The third kappa shape index (κ3) is 7.19. The molecule has 1 atom stereocenters. The first kappa shape index (κ1) is 27.1. The van der Waals surface area contributed by atoms with Gasteiger partial charge < -0.3 is 20.1 Å². The van der Waals surface area contributed by atoms with Gasteiger partial charge in [0.2, 0.25) is 5.91 Å². The Balaban J connectivity index is 0.00000129. The molecule has 2 aliphatic rings. The predicted octanol–water partition coefficient (Wildman–Crippen LogP) is 5.12. The van der Waals surface area contributed by atoms with Crippen molar-refractivity contribution in [1.82, 2.24) is 10.2 Å². The summed E-state index contributed by atoms with van der Waals surface area (Å²) < 4.78 is 4.84. The normalized spacial score (nSPS) is 16.1. The summed E-state index contributed by atoms with van der Waals surface area (Å²) in [7, 11) is 0. The topological polar surface area (TPSA) is 78.9 Å². The molecule has 2 amide bonds. The molecule has 6 nitrogen and oxygen atoms in total. The first-order valence-corrected chi connectivity index (χ1v) is 11.9. The maximum Gasteiger partial charge on any atom is 0.407 e. The maximum atomic E-state index is 12.7. The van der Waals surface area contributed by atoms with Gasteiger partial charge in [-0.05, 0) is 68.4 Å². The van der Waals surface area contributed by atoms with Crippen LogP contribution in [0.2, 0.25) is 0 Å². The van der Waals surface area contributed by atoms with Crippen LogP contribution in [0.3, 0.4) is 0 Å². The molecule has 0 saturated carbocycles. The fourth-order valence-electron chi connectivity index (χ4n) is 4.18. The van der Waals surface area contributed by atoms with Gasteiger partial charge in [-0.3, -0.25) is 4.79 Å². The predicted molar refractivity (Wildman–Crippen MR) is 138 cm³/mol. The standard InChI is InChI=1S/C25H32N2O4.C3H6/c1-4-31-25(30)26-21(16-28)15-23(29)27-13-11-20(12-14-27)24-18(3)17(2)9-10-19-7-5-6-8-22(19)24;1-3-2/h5-10,21,28H,4,11-16H2,1-3H3,(H,26,30);3H,1H2,2H3/t21-;/m1./s1. The first-order chi connectivity index (χ1) is 16.4. The number of benzene rings is 1. The van der Waals surface area contributed by atoms with Gasteiger partial charge in [0, 0.05) is 19.5 Å². The lowest BCUT2D eigenvalue weighted by Crippen LogP contribution is -2.44. The average Bonchev–Trinajstić information content (AvgIpc) is 2.95. The van der Waals surface area contributed by atoms with Crippen molar-refractivity contribution in [2.45, 2.75) is 53.0 Å². The van der Waals surface area contributed by atoms with Crippen LogP contribution in [0.5, 0.6) is 0 Å². The number of aliphatic hydroxyl groups excluding tert-OH is 1. The van der Waals surface area contributed by atoms with Gasteiger partial charge in [0.1, 0.15) is 0 Å². The number of amides is 2. The van der Waals surface area contributed by atoms with Crippen molar-refractivity contribution in [3.63, 3.8) is 0 Å². The van der Waals surface area contributed by atoms with Crippen molar-refractivity contribution in [2.75, 3.05) is 26.3 Å². The molecule has 1 aliphatic carbocycles. The summed E-state index contributed by atoms with van der Waals surface area (Å²) in [6.07, 6.45) is 7.17. The SMILES string of the molecule is C=CC.CCOC(=O)N[C@@H](CO)CC(=O)N1CCC(=C2C(C)=C(C)C=Cc3ccccc32)CC1. The maximum absolute atomic E-state index is 12.7. The number of fused-ring (bicyclic) bond motifs is 1. The number of rotatable bonds is 5. The minimum Gasteiger partial charge on any atom is -0.450 e. The third-order valence-corrected chi connectivity index (χ3v) is 6.02. The van der Waals surface area contributed by atoms with Crippen molar-refractivity contribution < 1.29 is 19.4 Å². The smallest absolute Gasteiger partial charge is 0.407 e. The summed E-state index contributed by atoms with van der Waals surface area (Å²) >= 11 is 0. The number of hydrogen-bond acceptors (Lipinski definition) is 4. The third-order valence-electron chi connectivity index (χ3n) is 6.02. The molecule has 1 aromatic rings.